The molecular formula is C12H18N2O3. The SMILES string of the molecule is CC(C)OCCN(C)c1ccncc1C(=O)O. The zero-order valence-electron chi connectivity index (χ0n) is 10.4. The van der Waals surface area contributed by atoms with Crippen molar-refractivity contribution in [2.75, 3.05) is 25.1 Å². The molecule has 0 radical (unpaired) electrons. The van der Waals surface area contributed by atoms with Crippen molar-refractivity contribution >= 4 is 11.7 Å². The van der Waals surface area contributed by atoms with E-state index in [-0.39, 0.29) is 11.7 Å². The van der Waals surface area contributed by atoms with Crippen LogP contribution in [-0.2, 0) is 4.74 Å². The fraction of sp³-hybridized carbons (Fsp3) is 0.500. The number of pyridine rings is 1. The van der Waals surface area contributed by atoms with Crippen LogP contribution in [0.15, 0.2) is 18.5 Å². The van der Waals surface area contributed by atoms with E-state index in [4.69, 9.17) is 9.84 Å². The maximum Gasteiger partial charge on any atom is 0.339 e. The lowest BCUT2D eigenvalue weighted by molar-refractivity contribution is 0.0695. The topological polar surface area (TPSA) is 62.7 Å². The van der Waals surface area contributed by atoms with Gasteiger partial charge in [0, 0.05) is 26.0 Å². The van der Waals surface area contributed by atoms with Crippen molar-refractivity contribution in [1.29, 1.82) is 0 Å². The molecule has 0 fully saturated rings. The minimum Gasteiger partial charge on any atom is -0.478 e. The Morgan fingerprint density at radius 3 is 2.88 bits per heavy atom. The predicted octanol–water partition coefficient (Wildman–Crippen LogP) is 1.64. The van der Waals surface area contributed by atoms with Crippen LogP contribution in [0, 0.1) is 0 Å². The number of rotatable bonds is 6. The van der Waals surface area contributed by atoms with Crippen LogP contribution in [0.1, 0.15) is 24.2 Å². The number of anilines is 1. The van der Waals surface area contributed by atoms with Crippen LogP contribution in [0.4, 0.5) is 5.69 Å². The second kappa shape index (κ2) is 6.20. The van der Waals surface area contributed by atoms with E-state index in [1.54, 1.807) is 12.3 Å². The summed E-state index contributed by atoms with van der Waals surface area (Å²) >= 11 is 0. The number of carbonyl (C=O) groups is 1. The lowest BCUT2D eigenvalue weighted by atomic mass is 10.2. The van der Waals surface area contributed by atoms with Crippen molar-refractivity contribution in [1.82, 2.24) is 4.98 Å². The van der Waals surface area contributed by atoms with E-state index in [9.17, 15) is 4.79 Å². The largest absolute Gasteiger partial charge is 0.478 e. The van der Waals surface area contributed by atoms with Gasteiger partial charge in [0.15, 0.2) is 0 Å². The summed E-state index contributed by atoms with van der Waals surface area (Å²) < 4.78 is 5.43. The van der Waals surface area contributed by atoms with E-state index in [1.807, 2.05) is 25.8 Å². The predicted molar refractivity (Wildman–Crippen MR) is 65.6 cm³/mol. The Morgan fingerprint density at radius 1 is 1.59 bits per heavy atom. The van der Waals surface area contributed by atoms with E-state index in [0.29, 0.717) is 18.8 Å². The first kappa shape index (κ1) is 13.4. The number of carboxylic acid groups (broad SMARTS) is 1. The van der Waals surface area contributed by atoms with E-state index in [0.717, 1.165) is 0 Å². The number of hydrogen-bond acceptors (Lipinski definition) is 4. The monoisotopic (exact) mass is 238 g/mol. The van der Waals surface area contributed by atoms with Gasteiger partial charge >= 0.3 is 5.97 Å². The van der Waals surface area contributed by atoms with Crippen LogP contribution in [-0.4, -0.2) is 42.4 Å². The van der Waals surface area contributed by atoms with Gasteiger partial charge in [-0.3, -0.25) is 4.98 Å². The van der Waals surface area contributed by atoms with E-state index in [1.165, 1.54) is 6.20 Å². The van der Waals surface area contributed by atoms with Gasteiger partial charge in [-0.2, -0.15) is 0 Å². The van der Waals surface area contributed by atoms with Crippen molar-refractivity contribution in [3.63, 3.8) is 0 Å². The second-order valence-corrected chi connectivity index (χ2v) is 4.04. The van der Waals surface area contributed by atoms with Crippen molar-refractivity contribution in [3.8, 4) is 0 Å². The van der Waals surface area contributed by atoms with Gasteiger partial charge in [-0.1, -0.05) is 0 Å². The van der Waals surface area contributed by atoms with Crippen LogP contribution in [0.5, 0.6) is 0 Å². The molecule has 0 atom stereocenters. The molecule has 1 heterocycles. The molecule has 0 saturated carbocycles. The molecule has 5 heteroatoms. The zero-order chi connectivity index (χ0) is 12.8. The number of aromatic nitrogens is 1. The molecule has 0 saturated heterocycles. The van der Waals surface area contributed by atoms with Crippen molar-refractivity contribution < 1.29 is 14.6 Å². The summed E-state index contributed by atoms with van der Waals surface area (Å²) in [6, 6.07) is 1.69. The average Bonchev–Trinajstić information content (AvgIpc) is 2.28. The summed E-state index contributed by atoms with van der Waals surface area (Å²) in [7, 11) is 1.84. The Bertz CT molecular complexity index is 380. The number of nitrogens with zero attached hydrogens (tertiary/aromatic N) is 2. The van der Waals surface area contributed by atoms with Gasteiger partial charge in [-0.25, -0.2) is 4.79 Å². The molecule has 1 N–H and O–H groups in total. The molecule has 0 aliphatic heterocycles. The maximum absolute atomic E-state index is 11.0. The molecule has 0 spiro atoms. The molecule has 0 bridgehead atoms. The highest BCUT2D eigenvalue weighted by Gasteiger charge is 2.13. The average molecular weight is 238 g/mol. The summed E-state index contributed by atoms with van der Waals surface area (Å²) in [5, 5.41) is 9.03. The molecule has 1 aromatic rings. The van der Waals surface area contributed by atoms with Crippen LogP contribution in [0.2, 0.25) is 0 Å². The fourth-order valence-corrected chi connectivity index (χ4v) is 1.43. The van der Waals surface area contributed by atoms with Gasteiger partial charge in [0.1, 0.15) is 5.56 Å². The molecule has 0 aliphatic carbocycles. The van der Waals surface area contributed by atoms with Crippen LogP contribution >= 0.6 is 0 Å². The number of likely N-dealkylation sites (N-methyl/N-ethyl adjacent to an activating group) is 1. The van der Waals surface area contributed by atoms with E-state index in [2.05, 4.69) is 4.98 Å². The van der Waals surface area contributed by atoms with Gasteiger partial charge in [-0.15, -0.1) is 0 Å². The Hall–Kier alpha value is -1.62. The van der Waals surface area contributed by atoms with Crippen LogP contribution < -0.4 is 4.90 Å². The summed E-state index contributed by atoms with van der Waals surface area (Å²) in [6.07, 6.45) is 3.12. The molecule has 1 rings (SSSR count). The summed E-state index contributed by atoms with van der Waals surface area (Å²) in [6.45, 7) is 5.14. The lowest BCUT2D eigenvalue weighted by Crippen LogP contribution is -2.25. The number of ether oxygens (including phenoxy) is 1. The van der Waals surface area contributed by atoms with Crippen LogP contribution in [0.25, 0.3) is 0 Å². The van der Waals surface area contributed by atoms with Crippen molar-refractivity contribution in [3.05, 3.63) is 24.0 Å². The first-order chi connectivity index (χ1) is 8.02. The number of hydrogen-bond donors (Lipinski definition) is 1. The van der Waals surface area contributed by atoms with Gasteiger partial charge in [0.2, 0.25) is 0 Å². The molecule has 0 unspecified atom stereocenters. The normalized spacial score (nSPS) is 10.6. The third-order valence-electron chi connectivity index (χ3n) is 2.32. The molecule has 0 aliphatic rings. The Balaban J connectivity index is 2.68. The molecule has 0 aromatic carbocycles. The van der Waals surface area contributed by atoms with Crippen molar-refractivity contribution in [2.45, 2.75) is 20.0 Å². The Labute approximate surface area is 101 Å². The van der Waals surface area contributed by atoms with Gasteiger partial charge in [0.05, 0.1) is 18.4 Å². The summed E-state index contributed by atoms with van der Waals surface area (Å²) in [5.74, 6) is -0.968. The first-order valence-corrected chi connectivity index (χ1v) is 5.52. The Kier molecular flexibility index (Phi) is 4.90. The number of aromatic carboxylic acids is 1. The van der Waals surface area contributed by atoms with Crippen molar-refractivity contribution in [2.24, 2.45) is 0 Å². The quantitative estimate of drug-likeness (QED) is 0.816. The third-order valence-corrected chi connectivity index (χ3v) is 2.32. The van der Waals surface area contributed by atoms with Gasteiger partial charge in [-0.05, 0) is 19.9 Å². The minimum atomic E-state index is -0.968. The van der Waals surface area contributed by atoms with Gasteiger partial charge < -0.3 is 14.7 Å². The first-order valence-electron chi connectivity index (χ1n) is 5.52. The molecule has 5 nitrogen and oxygen atoms in total. The summed E-state index contributed by atoms with van der Waals surface area (Å²) in [4.78, 5) is 16.7. The molecule has 17 heavy (non-hydrogen) atoms. The van der Waals surface area contributed by atoms with Gasteiger partial charge in [0.25, 0.3) is 0 Å². The molecule has 0 amide bonds. The molecule has 1 aromatic heterocycles. The van der Waals surface area contributed by atoms with Crippen LogP contribution in [0.3, 0.4) is 0 Å². The highest BCUT2D eigenvalue weighted by atomic mass is 16.5. The molecular weight excluding hydrogens is 220 g/mol. The Morgan fingerprint density at radius 2 is 2.29 bits per heavy atom. The zero-order valence-corrected chi connectivity index (χ0v) is 10.4. The second-order valence-electron chi connectivity index (χ2n) is 4.04. The summed E-state index contributed by atoms with van der Waals surface area (Å²) in [5.41, 5.74) is 0.861. The third kappa shape index (κ3) is 4.03. The molecule has 94 valence electrons. The fourth-order valence-electron chi connectivity index (χ4n) is 1.43. The standard InChI is InChI=1S/C12H18N2O3/c1-9(2)17-7-6-14(3)11-4-5-13-8-10(11)12(15)16/h4-5,8-9H,6-7H2,1-3H3,(H,15,16). The number of carboxylic acids is 1. The lowest BCUT2D eigenvalue weighted by Gasteiger charge is -2.21. The smallest absolute Gasteiger partial charge is 0.339 e. The van der Waals surface area contributed by atoms with E-state index >= 15 is 0 Å². The van der Waals surface area contributed by atoms with E-state index < -0.39 is 5.97 Å². The maximum atomic E-state index is 11.0. The minimum absolute atomic E-state index is 0.180. The highest BCUT2D eigenvalue weighted by Crippen LogP contribution is 2.17. The highest BCUT2D eigenvalue weighted by molar-refractivity contribution is 5.93.